The number of carbonyl (C=O) groups excluding carboxylic acids is 1. The van der Waals surface area contributed by atoms with Crippen molar-refractivity contribution in [2.75, 3.05) is 12.4 Å². The van der Waals surface area contributed by atoms with Crippen molar-refractivity contribution in [2.24, 2.45) is 7.05 Å². The number of alkyl halides is 3. The SMILES string of the molecule is CN1C(=O)[C@](O)(c2cc(-c3cccc(-c4ccnc(Nc5cnn(C)c5)n4)n3)no2)C[C@H]1C(F)(F)F. The Balaban J connectivity index is 1.41. The van der Waals surface area contributed by atoms with Gasteiger partial charge < -0.3 is 19.8 Å². The number of hydrogen-bond acceptors (Lipinski definition) is 9. The highest BCUT2D eigenvalue weighted by molar-refractivity contribution is 5.88. The van der Waals surface area contributed by atoms with Crippen molar-refractivity contribution < 1.29 is 27.6 Å². The summed E-state index contributed by atoms with van der Waals surface area (Å²) in [4.78, 5) is 26.1. The van der Waals surface area contributed by atoms with Crippen LogP contribution in [0, 0.1) is 0 Å². The van der Waals surface area contributed by atoms with E-state index in [1.807, 2.05) is 0 Å². The van der Waals surface area contributed by atoms with Crippen LogP contribution >= 0.6 is 0 Å². The second kappa shape index (κ2) is 8.41. The van der Waals surface area contributed by atoms with E-state index in [2.05, 4.69) is 30.5 Å². The van der Waals surface area contributed by atoms with Crippen LogP contribution in [-0.4, -0.2) is 65.1 Å². The first kappa shape index (κ1) is 23.4. The first-order valence-corrected chi connectivity index (χ1v) is 10.6. The van der Waals surface area contributed by atoms with Crippen LogP contribution in [-0.2, 0) is 17.4 Å². The zero-order valence-corrected chi connectivity index (χ0v) is 18.9. The van der Waals surface area contributed by atoms with Crippen molar-refractivity contribution in [3.8, 4) is 22.8 Å². The standard InChI is InChI=1S/C22H19F3N8O3/c1-32-11-12(10-27-32)28-20-26-7-6-15(30-20)13-4-3-5-14(29-13)16-8-18(36-31-16)21(35)9-17(22(23,24)25)33(2)19(21)34/h3-8,10-11,17,35H,9H2,1-2H3,(H,26,28,30)/t17-,21+/m0/s1. The molecule has 186 valence electrons. The number of aliphatic hydroxyl groups is 1. The summed E-state index contributed by atoms with van der Waals surface area (Å²) >= 11 is 0. The summed E-state index contributed by atoms with van der Waals surface area (Å²) in [6.07, 6.45) is -0.667. The molecule has 11 nitrogen and oxygen atoms in total. The van der Waals surface area contributed by atoms with Gasteiger partial charge in [0.2, 0.25) is 11.5 Å². The lowest BCUT2D eigenvalue weighted by Gasteiger charge is -2.21. The summed E-state index contributed by atoms with van der Waals surface area (Å²) in [7, 11) is 2.77. The van der Waals surface area contributed by atoms with E-state index in [0.717, 1.165) is 7.05 Å². The van der Waals surface area contributed by atoms with Crippen LogP contribution < -0.4 is 5.32 Å². The molecule has 1 amide bonds. The molecule has 5 heterocycles. The number of rotatable bonds is 5. The van der Waals surface area contributed by atoms with Crippen molar-refractivity contribution in [3.63, 3.8) is 0 Å². The molecule has 1 fully saturated rings. The molecule has 2 atom stereocenters. The molecule has 0 aliphatic carbocycles. The minimum atomic E-state index is -4.70. The fraction of sp³-hybridized carbons (Fsp3) is 0.273. The summed E-state index contributed by atoms with van der Waals surface area (Å²) in [6, 6.07) is 5.72. The molecule has 0 spiro atoms. The summed E-state index contributed by atoms with van der Waals surface area (Å²) < 4.78 is 46.6. The average molecular weight is 500 g/mol. The second-order valence-electron chi connectivity index (χ2n) is 8.32. The molecular weight excluding hydrogens is 481 g/mol. The Bertz CT molecular complexity index is 1440. The predicted octanol–water partition coefficient (Wildman–Crippen LogP) is 2.65. The molecule has 5 rings (SSSR count). The van der Waals surface area contributed by atoms with Crippen LogP contribution in [0.25, 0.3) is 22.8 Å². The zero-order valence-electron chi connectivity index (χ0n) is 18.9. The minimum Gasteiger partial charge on any atom is -0.373 e. The third-order valence-electron chi connectivity index (χ3n) is 5.82. The number of nitrogens with one attached hydrogen (secondary N) is 1. The Morgan fingerprint density at radius 2 is 1.86 bits per heavy atom. The molecule has 4 aromatic rings. The van der Waals surface area contributed by atoms with Gasteiger partial charge in [-0.2, -0.15) is 18.3 Å². The lowest BCUT2D eigenvalue weighted by Crippen LogP contribution is -2.41. The highest BCUT2D eigenvalue weighted by atomic mass is 19.4. The molecule has 0 saturated carbocycles. The van der Waals surface area contributed by atoms with Crippen LogP contribution in [0.4, 0.5) is 24.8 Å². The van der Waals surface area contributed by atoms with Crippen molar-refractivity contribution >= 4 is 17.5 Å². The number of amides is 1. The van der Waals surface area contributed by atoms with E-state index >= 15 is 0 Å². The molecule has 0 bridgehead atoms. The molecule has 1 aliphatic heterocycles. The fourth-order valence-corrected chi connectivity index (χ4v) is 3.97. The van der Waals surface area contributed by atoms with Crippen LogP contribution in [0.15, 0.2) is 53.4 Å². The number of pyridine rings is 1. The van der Waals surface area contributed by atoms with E-state index in [1.54, 1.807) is 54.6 Å². The molecule has 36 heavy (non-hydrogen) atoms. The van der Waals surface area contributed by atoms with Crippen LogP contribution in [0.3, 0.4) is 0 Å². The first-order chi connectivity index (χ1) is 17.0. The highest BCUT2D eigenvalue weighted by Gasteiger charge is 2.60. The minimum absolute atomic E-state index is 0.133. The van der Waals surface area contributed by atoms with Gasteiger partial charge in [0.05, 0.1) is 29.0 Å². The number of likely N-dealkylation sites (tertiary alicyclic amines) is 1. The Kier molecular flexibility index (Phi) is 5.47. The summed E-state index contributed by atoms with van der Waals surface area (Å²) in [5, 5.41) is 21.7. The summed E-state index contributed by atoms with van der Waals surface area (Å²) in [5.74, 6) is -1.19. The number of likely N-dealkylation sites (N-methyl/N-ethyl adjacent to an activating group) is 1. The number of anilines is 2. The maximum absolute atomic E-state index is 13.3. The van der Waals surface area contributed by atoms with E-state index < -0.39 is 35.9 Å². The van der Waals surface area contributed by atoms with Gasteiger partial charge in [0, 0.05) is 39.0 Å². The third-order valence-corrected chi connectivity index (χ3v) is 5.82. The molecule has 0 radical (unpaired) electrons. The molecule has 2 N–H and O–H groups in total. The molecule has 4 aromatic heterocycles. The van der Waals surface area contributed by atoms with Gasteiger partial charge in [-0.05, 0) is 18.2 Å². The Morgan fingerprint density at radius 3 is 2.53 bits per heavy atom. The number of aromatic nitrogens is 6. The Labute approximate surface area is 201 Å². The zero-order chi connectivity index (χ0) is 25.7. The first-order valence-electron chi connectivity index (χ1n) is 10.6. The number of nitrogens with zero attached hydrogens (tertiary/aromatic N) is 7. The molecule has 1 aliphatic rings. The lowest BCUT2D eigenvalue weighted by molar-refractivity contribution is -0.177. The van der Waals surface area contributed by atoms with E-state index in [9.17, 15) is 23.1 Å². The maximum atomic E-state index is 13.3. The van der Waals surface area contributed by atoms with Crippen molar-refractivity contribution in [1.29, 1.82) is 0 Å². The van der Waals surface area contributed by atoms with Gasteiger partial charge in [-0.15, -0.1) is 0 Å². The molecule has 0 unspecified atom stereocenters. The average Bonchev–Trinajstić information content (AvgIpc) is 3.55. The van der Waals surface area contributed by atoms with Gasteiger partial charge in [0.15, 0.2) is 5.76 Å². The topological polar surface area (TPSA) is 135 Å². The molecule has 0 aromatic carbocycles. The van der Waals surface area contributed by atoms with Gasteiger partial charge in [0.25, 0.3) is 5.91 Å². The Hall–Kier alpha value is -4.33. The van der Waals surface area contributed by atoms with Gasteiger partial charge in [-0.3, -0.25) is 9.48 Å². The summed E-state index contributed by atoms with van der Waals surface area (Å²) in [6.45, 7) is 0. The van der Waals surface area contributed by atoms with Crippen molar-refractivity contribution in [1.82, 2.24) is 34.8 Å². The van der Waals surface area contributed by atoms with E-state index in [-0.39, 0.29) is 5.69 Å². The van der Waals surface area contributed by atoms with Crippen molar-refractivity contribution in [2.45, 2.75) is 24.2 Å². The van der Waals surface area contributed by atoms with E-state index in [4.69, 9.17) is 4.52 Å². The third kappa shape index (κ3) is 4.15. The number of halogens is 3. The Morgan fingerprint density at radius 1 is 1.14 bits per heavy atom. The number of aryl methyl sites for hydroxylation is 1. The molecule has 1 saturated heterocycles. The van der Waals surface area contributed by atoms with Crippen LogP contribution in [0.2, 0.25) is 0 Å². The number of hydrogen-bond donors (Lipinski definition) is 2. The smallest absolute Gasteiger partial charge is 0.373 e. The predicted molar refractivity (Wildman–Crippen MR) is 118 cm³/mol. The van der Waals surface area contributed by atoms with Gasteiger partial charge in [0.1, 0.15) is 11.7 Å². The molecular formula is C22H19F3N8O3. The molecule has 14 heteroatoms. The van der Waals surface area contributed by atoms with Crippen LogP contribution in [0.5, 0.6) is 0 Å². The maximum Gasteiger partial charge on any atom is 0.408 e. The summed E-state index contributed by atoms with van der Waals surface area (Å²) in [5.41, 5.74) is -0.407. The lowest BCUT2D eigenvalue weighted by atomic mass is 9.96. The fourth-order valence-electron chi connectivity index (χ4n) is 3.97. The van der Waals surface area contributed by atoms with Crippen LogP contribution in [0.1, 0.15) is 12.2 Å². The quantitative estimate of drug-likeness (QED) is 0.424. The van der Waals surface area contributed by atoms with Gasteiger partial charge >= 0.3 is 6.18 Å². The van der Waals surface area contributed by atoms with Gasteiger partial charge in [-0.1, -0.05) is 11.2 Å². The normalized spacial score (nSPS) is 20.2. The van der Waals surface area contributed by atoms with Gasteiger partial charge in [-0.25, -0.2) is 15.0 Å². The number of carbonyl (C=O) groups is 1. The highest BCUT2D eigenvalue weighted by Crippen LogP contribution is 2.43. The monoisotopic (exact) mass is 500 g/mol. The van der Waals surface area contributed by atoms with E-state index in [0.29, 0.717) is 33.6 Å². The van der Waals surface area contributed by atoms with Crippen molar-refractivity contribution in [3.05, 3.63) is 54.7 Å². The second-order valence-corrected chi connectivity index (χ2v) is 8.32. The van der Waals surface area contributed by atoms with E-state index in [1.165, 1.54) is 6.07 Å². The largest absolute Gasteiger partial charge is 0.408 e.